The summed E-state index contributed by atoms with van der Waals surface area (Å²) in [6.07, 6.45) is 2.59. The number of hydrogen-bond acceptors (Lipinski definition) is 3. The Hall–Kier alpha value is -0.870. The van der Waals surface area contributed by atoms with E-state index in [1.165, 1.54) is 11.1 Å². The monoisotopic (exact) mass is 295 g/mol. The molecular weight excluding hydrogens is 270 g/mol. The van der Waals surface area contributed by atoms with E-state index in [0.717, 1.165) is 31.4 Å². The van der Waals surface area contributed by atoms with Crippen LogP contribution in [0.3, 0.4) is 0 Å². The van der Waals surface area contributed by atoms with Crippen LogP contribution in [0.2, 0.25) is 0 Å². The third-order valence-electron chi connectivity index (χ3n) is 4.19. The molecule has 0 aliphatic carbocycles. The Bertz CT molecular complexity index is 566. The lowest BCUT2D eigenvalue weighted by molar-refractivity contribution is 0.453. The van der Waals surface area contributed by atoms with Crippen LogP contribution in [-0.2, 0) is 9.84 Å². The van der Waals surface area contributed by atoms with Gasteiger partial charge >= 0.3 is 0 Å². The quantitative estimate of drug-likeness (QED) is 0.929. The summed E-state index contributed by atoms with van der Waals surface area (Å²) in [4.78, 5) is 0. The topological polar surface area (TPSA) is 46.2 Å². The van der Waals surface area contributed by atoms with Gasteiger partial charge in [-0.1, -0.05) is 37.1 Å². The van der Waals surface area contributed by atoms with E-state index in [2.05, 4.69) is 37.4 Å². The highest BCUT2D eigenvalue weighted by Gasteiger charge is 2.36. The van der Waals surface area contributed by atoms with Crippen molar-refractivity contribution in [2.45, 2.75) is 51.3 Å². The minimum absolute atomic E-state index is 0.0785. The predicted molar refractivity (Wildman–Crippen MR) is 83.8 cm³/mol. The van der Waals surface area contributed by atoms with Crippen LogP contribution < -0.4 is 5.32 Å². The molecule has 1 aliphatic rings. The zero-order valence-electron chi connectivity index (χ0n) is 12.6. The Morgan fingerprint density at radius 2 is 2.05 bits per heavy atom. The van der Waals surface area contributed by atoms with Crippen LogP contribution in [0.1, 0.15) is 48.9 Å². The fourth-order valence-corrected chi connectivity index (χ4v) is 5.20. The molecule has 0 radical (unpaired) electrons. The normalized spacial score (nSPS) is 23.4. The lowest BCUT2D eigenvalue weighted by Crippen LogP contribution is -2.41. The number of hydrogen-bond donors (Lipinski definition) is 1. The molecule has 1 aromatic carbocycles. The highest BCUT2D eigenvalue weighted by molar-refractivity contribution is 7.92. The second kappa shape index (κ2) is 6.27. The zero-order valence-corrected chi connectivity index (χ0v) is 13.5. The van der Waals surface area contributed by atoms with E-state index in [1.54, 1.807) is 0 Å². The summed E-state index contributed by atoms with van der Waals surface area (Å²) in [5.74, 6) is 0.338. The molecule has 0 bridgehead atoms. The van der Waals surface area contributed by atoms with Crippen molar-refractivity contribution in [1.82, 2.24) is 5.32 Å². The van der Waals surface area contributed by atoms with Crippen molar-refractivity contribution in [1.29, 1.82) is 0 Å². The van der Waals surface area contributed by atoms with Crippen LogP contribution in [0.25, 0.3) is 0 Å². The lowest BCUT2D eigenvalue weighted by atomic mass is 9.94. The Morgan fingerprint density at radius 1 is 1.30 bits per heavy atom. The first-order valence-corrected chi connectivity index (χ1v) is 9.19. The van der Waals surface area contributed by atoms with Gasteiger partial charge in [0.2, 0.25) is 0 Å². The van der Waals surface area contributed by atoms with Crippen LogP contribution in [0.5, 0.6) is 0 Å². The van der Waals surface area contributed by atoms with Gasteiger partial charge in [-0.15, -0.1) is 0 Å². The second-order valence-electron chi connectivity index (χ2n) is 5.80. The maximum atomic E-state index is 12.4. The minimum Gasteiger partial charge on any atom is -0.309 e. The molecule has 20 heavy (non-hydrogen) atoms. The van der Waals surface area contributed by atoms with Crippen LogP contribution in [0.4, 0.5) is 0 Å². The number of aryl methyl sites for hydroxylation is 2. The average Bonchev–Trinajstić information content (AvgIpc) is 2.39. The summed E-state index contributed by atoms with van der Waals surface area (Å²) >= 11 is 0. The number of nitrogens with one attached hydrogen (secondary N) is 1. The van der Waals surface area contributed by atoms with Gasteiger partial charge < -0.3 is 5.32 Å². The fourth-order valence-electron chi connectivity index (χ4n) is 3.11. The maximum Gasteiger partial charge on any atom is 0.155 e. The van der Waals surface area contributed by atoms with E-state index in [-0.39, 0.29) is 11.3 Å². The molecule has 1 fully saturated rings. The van der Waals surface area contributed by atoms with E-state index in [1.807, 2.05) is 6.92 Å². The molecule has 0 spiro atoms. The third kappa shape index (κ3) is 3.23. The summed E-state index contributed by atoms with van der Waals surface area (Å²) in [5.41, 5.74) is 3.49. The van der Waals surface area contributed by atoms with Gasteiger partial charge in [0, 0.05) is 6.04 Å². The van der Waals surface area contributed by atoms with Crippen molar-refractivity contribution < 1.29 is 8.42 Å². The molecule has 2 unspecified atom stereocenters. The SMILES string of the molecule is CCNC(c1cc(C)ccc1C)C1CCCCS1(=O)=O. The summed E-state index contributed by atoms with van der Waals surface area (Å²) < 4.78 is 24.9. The van der Waals surface area contributed by atoms with Crippen molar-refractivity contribution in [3.8, 4) is 0 Å². The van der Waals surface area contributed by atoms with Gasteiger partial charge in [0.1, 0.15) is 0 Å². The largest absolute Gasteiger partial charge is 0.309 e. The second-order valence-corrected chi connectivity index (χ2v) is 8.14. The van der Waals surface area contributed by atoms with Gasteiger partial charge in [-0.05, 0) is 44.4 Å². The molecule has 3 nitrogen and oxygen atoms in total. The van der Waals surface area contributed by atoms with Gasteiger partial charge in [-0.25, -0.2) is 8.42 Å². The van der Waals surface area contributed by atoms with Crippen molar-refractivity contribution in [3.63, 3.8) is 0 Å². The summed E-state index contributed by atoms with van der Waals surface area (Å²) in [6.45, 7) is 6.94. The standard InChI is InChI=1S/C16H25NO2S/c1-4-17-16(14-11-12(2)8-9-13(14)3)15-7-5-6-10-20(15,18)19/h8-9,11,15-17H,4-7,10H2,1-3H3. The molecule has 2 atom stereocenters. The van der Waals surface area contributed by atoms with Crippen LogP contribution >= 0.6 is 0 Å². The van der Waals surface area contributed by atoms with Crippen molar-refractivity contribution >= 4 is 9.84 Å². The Kier molecular flexibility index (Phi) is 4.86. The number of benzene rings is 1. The molecule has 1 heterocycles. The Labute approximate surface area is 122 Å². The maximum absolute atomic E-state index is 12.4. The summed E-state index contributed by atoms with van der Waals surface area (Å²) in [6, 6.07) is 6.22. The predicted octanol–water partition coefficient (Wildman–Crippen LogP) is 2.92. The molecule has 0 aromatic heterocycles. The van der Waals surface area contributed by atoms with Crippen LogP contribution in [0, 0.1) is 13.8 Å². The van der Waals surface area contributed by atoms with E-state index in [4.69, 9.17) is 0 Å². The minimum atomic E-state index is -2.99. The van der Waals surface area contributed by atoms with E-state index in [9.17, 15) is 8.42 Å². The lowest BCUT2D eigenvalue weighted by Gasteiger charge is -2.32. The van der Waals surface area contributed by atoms with Gasteiger partial charge in [0.25, 0.3) is 0 Å². The van der Waals surface area contributed by atoms with Crippen molar-refractivity contribution in [2.75, 3.05) is 12.3 Å². The molecule has 4 heteroatoms. The first-order chi connectivity index (χ1) is 9.45. The molecular formula is C16H25NO2S. The molecule has 0 saturated carbocycles. The smallest absolute Gasteiger partial charge is 0.155 e. The molecule has 0 amide bonds. The van der Waals surface area contributed by atoms with Crippen LogP contribution in [0.15, 0.2) is 18.2 Å². The average molecular weight is 295 g/mol. The Morgan fingerprint density at radius 3 is 2.70 bits per heavy atom. The molecule has 1 N–H and O–H groups in total. The van der Waals surface area contributed by atoms with Crippen molar-refractivity contribution in [3.05, 3.63) is 34.9 Å². The fraction of sp³-hybridized carbons (Fsp3) is 0.625. The van der Waals surface area contributed by atoms with Crippen LogP contribution in [-0.4, -0.2) is 26.0 Å². The van der Waals surface area contributed by atoms with E-state index < -0.39 is 9.84 Å². The highest BCUT2D eigenvalue weighted by atomic mass is 32.2. The summed E-state index contributed by atoms with van der Waals surface area (Å²) in [5, 5.41) is 3.13. The highest BCUT2D eigenvalue weighted by Crippen LogP contribution is 2.32. The number of sulfone groups is 1. The zero-order chi connectivity index (χ0) is 14.8. The van der Waals surface area contributed by atoms with Gasteiger partial charge in [-0.3, -0.25) is 0 Å². The molecule has 1 aromatic rings. The molecule has 2 rings (SSSR count). The van der Waals surface area contributed by atoms with Crippen molar-refractivity contribution in [2.24, 2.45) is 0 Å². The summed E-state index contributed by atoms with van der Waals surface area (Å²) in [7, 11) is -2.99. The molecule has 1 saturated heterocycles. The van der Waals surface area contributed by atoms with E-state index in [0.29, 0.717) is 5.75 Å². The van der Waals surface area contributed by atoms with E-state index >= 15 is 0 Å². The molecule has 112 valence electrons. The molecule has 1 aliphatic heterocycles. The van der Waals surface area contributed by atoms with Gasteiger partial charge in [0.05, 0.1) is 11.0 Å². The van der Waals surface area contributed by atoms with Gasteiger partial charge in [-0.2, -0.15) is 0 Å². The first-order valence-electron chi connectivity index (χ1n) is 7.48. The number of rotatable bonds is 4. The van der Waals surface area contributed by atoms with Gasteiger partial charge in [0.15, 0.2) is 9.84 Å². The third-order valence-corrected chi connectivity index (χ3v) is 6.48. The first kappa shape index (κ1) is 15.5. The Balaban J connectivity index is 2.42.